The zero-order valence-corrected chi connectivity index (χ0v) is 43.1. The second-order valence-electron chi connectivity index (χ2n) is 16.0. The summed E-state index contributed by atoms with van der Waals surface area (Å²) in [6.07, 6.45) is 9.51. The van der Waals surface area contributed by atoms with Gasteiger partial charge in [-0.05, 0) is 86.4 Å². The number of halogens is 1. The van der Waals surface area contributed by atoms with Crippen LogP contribution in [0, 0.1) is 13.8 Å². The fourth-order valence-electron chi connectivity index (χ4n) is 6.76. The first kappa shape index (κ1) is 59.4. The Hall–Kier alpha value is -5.68. The summed E-state index contributed by atoms with van der Waals surface area (Å²) in [5, 5.41) is 21.9. The Bertz CT molecular complexity index is 2360. The molecular formula is C53H74ClN5O10. The molecule has 0 unspecified atom stereocenters. The van der Waals surface area contributed by atoms with Crippen LogP contribution in [0.2, 0.25) is 0 Å². The van der Waals surface area contributed by atoms with Crippen LogP contribution in [0.1, 0.15) is 94.1 Å². The van der Waals surface area contributed by atoms with Crippen molar-refractivity contribution in [3.8, 4) is 5.75 Å². The standard InChI is InChI=1S/C26H30N2O7.C18H19N3O.C4H10O2.2C2H6.CH3Cl/c1-19-3-2-4-21-23(17-22-20(26(19)21)7-8-27(22)18-29)35-16-15-34-14-13-33-12-11-32-10-9-28-24(30)5-6-25(28)31;1-12(2)14-4-6-15(7-5-14)18(22)20-16-8-9-17-19-13(3)10-21(17)11-16;1-4(2,6)3-5;3*1-2/h2-6,17-18H,7-16H2,1H3;4-12H,1-3H3,(H,20,22);5-6H,3H2,1-2H3;2*1-2H3;1H3. The lowest BCUT2D eigenvalue weighted by molar-refractivity contribution is -0.137. The maximum Gasteiger partial charge on any atom is 0.255 e. The zero-order valence-electron chi connectivity index (χ0n) is 42.3. The monoisotopic (exact) mass is 976 g/mol. The molecule has 7 rings (SSSR count). The summed E-state index contributed by atoms with van der Waals surface area (Å²) in [5.74, 6) is 0.494. The SMILES string of the molecule is CC.CC.CC(C)(O)CO.CCl.Cc1cccc2c(OCCOCCOCCOCCN3C(=O)C=CC3=O)cc3c(c12)CCN3C=O.Cc1cn2cc(NC(=O)c3ccc(C(C)C)cc3)ccc2n1. The fraction of sp³-hybridized carbons (Fsp3) is 0.453. The summed E-state index contributed by atoms with van der Waals surface area (Å²) >= 11 is 4.64. The van der Waals surface area contributed by atoms with Gasteiger partial charge in [-0.2, -0.15) is 0 Å². The lowest BCUT2D eigenvalue weighted by atomic mass is 9.97. The quantitative estimate of drug-likeness (QED) is 0.0331. The van der Waals surface area contributed by atoms with Gasteiger partial charge in [-0.25, -0.2) is 4.98 Å². The summed E-state index contributed by atoms with van der Waals surface area (Å²) < 4.78 is 24.4. The number of carbonyl (C=O) groups is 4. The number of pyridine rings is 1. The molecule has 15 nitrogen and oxygen atoms in total. The highest BCUT2D eigenvalue weighted by Gasteiger charge is 2.24. The number of imide groups is 1. The van der Waals surface area contributed by atoms with Crippen molar-refractivity contribution < 1.29 is 48.3 Å². The highest BCUT2D eigenvalue weighted by molar-refractivity contribution is 6.15. The fourth-order valence-corrected chi connectivity index (χ4v) is 6.76. The lowest BCUT2D eigenvalue weighted by Crippen LogP contribution is -2.33. The molecule has 69 heavy (non-hydrogen) atoms. The number of rotatable bonds is 18. The molecule has 3 N–H and O–H groups in total. The minimum absolute atomic E-state index is 0.105. The number of fused-ring (bicyclic) bond motifs is 4. The molecule has 0 spiro atoms. The smallest absolute Gasteiger partial charge is 0.255 e. The first-order valence-electron chi connectivity index (χ1n) is 23.4. The summed E-state index contributed by atoms with van der Waals surface area (Å²) in [4.78, 5) is 53.8. The third-order valence-electron chi connectivity index (χ3n) is 10.1. The summed E-state index contributed by atoms with van der Waals surface area (Å²) in [5.41, 5.74) is 6.85. The van der Waals surface area contributed by atoms with Crippen LogP contribution in [0.25, 0.3) is 16.4 Å². The number of amides is 4. The Morgan fingerprint density at radius 3 is 2.00 bits per heavy atom. The molecule has 0 radical (unpaired) electrons. The number of aliphatic hydroxyl groups excluding tert-OH is 1. The van der Waals surface area contributed by atoms with Crippen LogP contribution >= 0.6 is 11.6 Å². The molecule has 0 saturated heterocycles. The van der Waals surface area contributed by atoms with E-state index in [1.165, 1.54) is 35.2 Å². The van der Waals surface area contributed by atoms with E-state index in [2.05, 4.69) is 54.8 Å². The Labute approximate surface area is 413 Å². The molecule has 3 aromatic carbocycles. The number of nitrogens with one attached hydrogen (secondary N) is 1. The highest BCUT2D eigenvalue weighted by Crippen LogP contribution is 2.41. The number of carbonyl (C=O) groups excluding carboxylic acids is 4. The molecule has 0 aliphatic carbocycles. The molecule has 4 heterocycles. The van der Waals surface area contributed by atoms with E-state index in [4.69, 9.17) is 29.2 Å². The van der Waals surface area contributed by atoms with E-state index in [1.54, 1.807) is 18.7 Å². The Morgan fingerprint density at radius 2 is 1.43 bits per heavy atom. The molecule has 2 aromatic heterocycles. The van der Waals surface area contributed by atoms with Crippen LogP contribution < -0.4 is 15.0 Å². The van der Waals surface area contributed by atoms with Crippen LogP contribution in [0.4, 0.5) is 11.4 Å². The van der Waals surface area contributed by atoms with Crippen LogP contribution in [0.15, 0.2) is 85.2 Å². The van der Waals surface area contributed by atoms with E-state index >= 15 is 0 Å². The lowest BCUT2D eigenvalue weighted by Gasteiger charge is -2.17. The number of hydrogen-bond acceptors (Lipinski definition) is 11. The van der Waals surface area contributed by atoms with Crippen LogP contribution in [0.5, 0.6) is 5.75 Å². The average molecular weight is 977 g/mol. The number of nitrogens with zero attached hydrogens (tertiary/aromatic N) is 4. The van der Waals surface area contributed by atoms with Crippen molar-refractivity contribution in [2.45, 2.75) is 87.2 Å². The summed E-state index contributed by atoms with van der Waals surface area (Å²) in [6.45, 7) is 22.8. The van der Waals surface area contributed by atoms with E-state index in [9.17, 15) is 19.2 Å². The van der Waals surface area contributed by atoms with Gasteiger partial charge in [0, 0.05) is 54.5 Å². The second kappa shape index (κ2) is 31.4. The number of alkyl halides is 1. The third kappa shape index (κ3) is 19.0. The minimum atomic E-state index is -0.903. The topological polar surface area (TPSA) is 181 Å². The van der Waals surface area contributed by atoms with Crippen molar-refractivity contribution in [1.29, 1.82) is 0 Å². The van der Waals surface area contributed by atoms with Crippen molar-refractivity contribution in [1.82, 2.24) is 14.3 Å². The van der Waals surface area contributed by atoms with Gasteiger partial charge in [0.2, 0.25) is 6.41 Å². The molecule has 5 aromatic rings. The maximum atomic E-state index is 12.3. The third-order valence-corrected chi connectivity index (χ3v) is 10.1. The average Bonchev–Trinajstić information content (AvgIpc) is 4.05. The van der Waals surface area contributed by atoms with Gasteiger partial charge in [-0.1, -0.05) is 71.9 Å². The van der Waals surface area contributed by atoms with E-state index in [1.807, 2.05) is 99.9 Å². The molecule has 0 saturated carbocycles. The van der Waals surface area contributed by atoms with Gasteiger partial charge in [-0.15, -0.1) is 11.6 Å². The molecular weight excluding hydrogens is 902 g/mol. The van der Waals surface area contributed by atoms with Crippen molar-refractivity contribution in [3.05, 3.63) is 113 Å². The summed E-state index contributed by atoms with van der Waals surface area (Å²) in [6, 6.07) is 19.6. The van der Waals surface area contributed by atoms with Gasteiger partial charge in [-0.3, -0.25) is 24.1 Å². The Balaban J connectivity index is 0.000000409. The first-order chi connectivity index (χ1) is 33.2. The number of ether oxygens (including phenoxy) is 4. The number of imidazole rings is 1. The van der Waals surface area contributed by atoms with Crippen molar-refractivity contribution in [2.24, 2.45) is 0 Å². The van der Waals surface area contributed by atoms with Crippen LogP contribution in [0.3, 0.4) is 0 Å². The van der Waals surface area contributed by atoms with E-state index in [0.717, 1.165) is 57.0 Å². The minimum Gasteiger partial charge on any atom is -0.490 e. The van der Waals surface area contributed by atoms with Gasteiger partial charge in [0.25, 0.3) is 17.7 Å². The molecule has 0 atom stereocenters. The molecule has 2 aliphatic heterocycles. The normalized spacial score (nSPS) is 12.4. The predicted octanol–water partition coefficient (Wildman–Crippen LogP) is 8.70. The van der Waals surface area contributed by atoms with E-state index in [0.29, 0.717) is 57.7 Å². The highest BCUT2D eigenvalue weighted by atomic mass is 35.5. The van der Waals surface area contributed by atoms with Crippen molar-refractivity contribution in [3.63, 3.8) is 0 Å². The molecule has 16 heteroatoms. The van der Waals surface area contributed by atoms with Crippen LogP contribution in [-0.2, 0) is 35.0 Å². The van der Waals surface area contributed by atoms with Gasteiger partial charge in [0.05, 0.1) is 75.5 Å². The largest absolute Gasteiger partial charge is 0.490 e. The zero-order chi connectivity index (χ0) is 51.5. The van der Waals surface area contributed by atoms with Gasteiger partial charge in [0.1, 0.15) is 18.0 Å². The number of anilines is 2. The van der Waals surface area contributed by atoms with Crippen LogP contribution in [-0.4, -0.2) is 127 Å². The number of hydrogen-bond donors (Lipinski definition) is 3. The maximum absolute atomic E-state index is 12.3. The van der Waals surface area contributed by atoms with E-state index < -0.39 is 5.60 Å². The van der Waals surface area contributed by atoms with Gasteiger partial charge < -0.3 is 43.8 Å². The van der Waals surface area contributed by atoms with E-state index in [-0.39, 0.29) is 37.5 Å². The molecule has 4 amide bonds. The van der Waals surface area contributed by atoms with Crippen molar-refractivity contribution in [2.75, 3.05) is 82.5 Å². The number of aryl methyl sites for hydroxylation is 2. The van der Waals surface area contributed by atoms with Gasteiger partial charge in [0.15, 0.2) is 0 Å². The molecule has 0 fully saturated rings. The first-order valence-corrected chi connectivity index (χ1v) is 24.2. The number of aliphatic hydroxyl groups is 2. The van der Waals surface area contributed by atoms with Gasteiger partial charge >= 0.3 is 0 Å². The summed E-state index contributed by atoms with van der Waals surface area (Å²) in [7, 11) is 0. The number of aromatic nitrogens is 2. The molecule has 378 valence electrons. The molecule has 2 aliphatic rings. The molecule has 0 bridgehead atoms. The Kier molecular flexibility index (Phi) is 27.1. The predicted molar refractivity (Wildman–Crippen MR) is 276 cm³/mol. The van der Waals surface area contributed by atoms with Crippen molar-refractivity contribution >= 4 is 63.5 Å². The Morgan fingerprint density at radius 1 is 0.855 bits per heavy atom. The second-order valence-corrected chi connectivity index (χ2v) is 16.0. The number of benzene rings is 3.